The van der Waals surface area contributed by atoms with Crippen molar-refractivity contribution in [1.29, 1.82) is 0 Å². The molecule has 6 nitrogen and oxygen atoms in total. The molecule has 2 heterocycles. The van der Waals surface area contributed by atoms with E-state index in [1.54, 1.807) is 24.3 Å². The molecule has 150 valence electrons. The second-order valence-corrected chi connectivity index (χ2v) is 6.26. The number of aliphatic hydroxyl groups is 1. The van der Waals surface area contributed by atoms with E-state index >= 15 is 0 Å². The average Bonchev–Trinajstić information content (AvgIpc) is 3.26. The molecule has 1 aliphatic rings. The second-order valence-electron chi connectivity index (χ2n) is 5.85. The average molecular weight is 421 g/mol. The first kappa shape index (κ1) is 20.2. The van der Waals surface area contributed by atoms with Gasteiger partial charge in [-0.15, -0.1) is 0 Å². The van der Waals surface area contributed by atoms with Crippen LogP contribution in [-0.4, -0.2) is 40.3 Å². The maximum Gasteiger partial charge on any atom is 0.312 e. The monoisotopic (exact) mass is 420 g/mol. The molecule has 1 atom stereocenters. The summed E-state index contributed by atoms with van der Waals surface area (Å²) in [6.45, 7) is -0.137. The fourth-order valence-corrected chi connectivity index (χ4v) is 2.68. The summed E-state index contributed by atoms with van der Waals surface area (Å²) in [5.41, 5.74) is -4.20. The van der Waals surface area contributed by atoms with Crippen molar-refractivity contribution in [3.05, 3.63) is 52.9 Å². The molecule has 0 bridgehead atoms. The van der Waals surface area contributed by atoms with Crippen LogP contribution in [0, 0.1) is 0 Å². The summed E-state index contributed by atoms with van der Waals surface area (Å²) in [5.74, 6) is -1.27. The number of halogens is 5. The van der Waals surface area contributed by atoms with Gasteiger partial charge in [-0.25, -0.2) is 17.6 Å². The van der Waals surface area contributed by atoms with Crippen molar-refractivity contribution in [2.24, 2.45) is 5.10 Å². The fourth-order valence-electron chi connectivity index (χ4n) is 2.49. The number of alkyl halides is 4. The first-order valence-corrected chi connectivity index (χ1v) is 8.27. The highest BCUT2D eigenvalue weighted by molar-refractivity contribution is 6.32. The number of benzene rings is 1. The number of carbonyl (C=O) groups is 1. The zero-order chi connectivity index (χ0) is 20.5. The number of carbonyl (C=O) groups excluding carboxylic acids is 1. The zero-order valence-electron chi connectivity index (χ0n) is 14.0. The van der Waals surface area contributed by atoms with Crippen molar-refractivity contribution >= 4 is 23.2 Å². The number of furan rings is 1. The third-order valence-electron chi connectivity index (χ3n) is 3.91. The molecule has 0 saturated carbocycles. The van der Waals surface area contributed by atoms with Gasteiger partial charge in [0.1, 0.15) is 23.8 Å². The van der Waals surface area contributed by atoms with E-state index in [4.69, 9.17) is 20.8 Å². The molecule has 3 rings (SSSR count). The lowest BCUT2D eigenvalue weighted by Gasteiger charge is -2.29. The van der Waals surface area contributed by atoms with Crippen LogP contribution < -0.4 is 4.74 Å². The summed E-state index contributed by atoms with van der Waals surface area (Å²) in [4.78, 5) is 12.4. The van der Waals surface area contributed by atoms with Gasteiger partial charge in [0.2, 0.25) is 5.72 Å². The van der Waals surface area contributed by atoms with Crippen LogP contribution in [0.4, 0.5) is 17.6 Å². The van der Waals surface area contributed by atoms with Crippen molar-refractivity contribution in [2.75, 3.05) is 0 Å². The Bertz CT molecular complexity index is 905. The quantitative estimate of drug-likeness (QED) is 0.718. The van der Waals surface area contributed by atoms with Crippen molar-refractivity contribution in [3.8, 4) is 5.75 Å². The topological polar surface area (TPSA) is 75.3 Å². The maximum absolute atomic E-state index is 13.2. The second kappa shape index (κ2) is 7.80. The van der Waals surface area contributed by atoms with Gasteiger partial charge in [-0.3, -0.25) is 4.79 Å². The number of hydrogen-bond donors (Lipinski definition) is 1. The van der Waals surface area contributed by atoms with Gasteiger partial charge in [0.15, 0.2) is 5.76 Å². The lowest BCUT2D eigenvalue weighted by molar-refractivity contribution is -0.164. The van der Waals surface area contributed by atoms with Crippen LogP contribution in [-0.2, 0) is 6.61 Å². The van der Waals surface area contributed by atoms with E-state index in [0.29, 0.717) is 10.8 Å². The lowest BCUT2D eigenvalue weighted by Crippen LogP contribution is -2.51. The van der Waals surface area contributed by atoms with Gasteiger partial charge in [0.25, 0.3) is 12.9 Å². The third kappa shape index (κ3) is 3.83. The summed E-state index contributed by atoms with van der Waals surface area (Å²) in [6.07, 6.45) is -7.88. The van der Waals surface area contributed by atoms with E-state index in [2.05, 4.69) is 5.10 Å². The molecule has 2 aromatic rings. The highest BCUT2D eigenvalue weighted by Crippen LogP contribution is 2.34. The Kier molecular flexibility index (Phi) is 5.61. The third-order valence-corrected chi connectivity index (χ3v) is 4.22. The highest BCUT2D eigenvalue weighted by atomic mass is 35.5. The molecule has 0 saturated heterocycles. The molecule has 11 heteroatoms. The summed E-state index contributed by atoms with van der Waals surface area (Å²) < 4.78 is 62.7. The van der Waals surface area contributed by atoms with Gasteiger partial charge < -0.3 is 14.3 Å². The smallest absolute Gasteiger partial charge is 0.312 e. The number of amides is 1. The van der Waals surface area contributed by atoms with Gasteiger partial charge in [0.05, 0.1) is 5.02 Å². The van der Waals surface area contributed by atoms with E-state index < -0.39 is 42.4 Å². The predicted octanol–water partition coefficient (Wildman–Crippen LogP) is 3.93. The number of hydrogen-bond acceptors (Lipinski definition) is 5. The Balaban J connectivity index is 1.76. The molecular formula is C17H13ClF4N2O4. The van der Waals surface area contributed by atoms with E-state index in [9.17, 15) is 27.5 Å². The molecule has 0 unspecified atom stereocenters. The number of hydrazone groups is 1. The first-order valence-electron chi connectivity index (χ1n) is 7.89. The molecule has 1 aromatic heterocycles. The standard InChI is InChI=1S/C17H13ClF4N2O4/c18-10-3-1-2-4-12(10)27-8-9-5-6-13(28-9)15(25)24-17(26,16(21)22)7-11(23-24)14(19)20/h1-6,14,16,26H,7-8H2/t17-/m0/s1. The lowest BCUT2D eigenvalue weighted by atomic mass is 10.1. The number of ether oxygens (including phenoxy) is 1. The van der Waals surface area contributed by atoms with Crippen molar-refractivity contribution in [3.63, 3.8) is 0 Å². The van der Waals surface area contributed by atoms with Gasteiger partial charge in [0, 0.05) is 6.42 Å². The summed E-state index contributed by atoms with van der Waals surface area (Å²) in [5, 5.41) is 13.4. The van der Waals surface area contributed by atoms with Gasteiger partial charge >= 0.3 is 5.91 Å². The number of nitrogens with zero attached hydrogens (tertiary/aromatic N) is 2. The molecule has 28 heavy (non-hydrogen) atoms. The molecule has 1 aromatic carbocycles. The molecule has 0 radical (unpaired) electrons. The number of para-hydroxylation sites is 1. The van der Waals surface area contributed by atoms with Crippen LogP contribution in [0.3, 0.4) is 0 Å². The molecule has 0 fully saturated rings. The minimum Gasteiger partial charge on any atom is -0.484 e. The van der Waals surface area contributed by atoms with Crippen LogP contribution in [0.1, 0.15) is 22.7 Å². The Hall–Kier alpha value is -2.59. The van der Waals surface area contributed by atoms with E-state index in [-0.39, 0.29) is 17.4 Å². The Morgan fingerprint density at radius 3 is 2.64 bits per heavy atom. The Morgan fingerprint density at radius 1 is 1.29 bits per heavy atom. The van der Waals surface area contributed by atoms with Crippen LogP contribution in [0.2, 0.25) is 5.02 Å². The maximum atomic E-state index is 13.2. The summed E-state index contributed by atoms with van der Waals surface area (Å²) in [7, 11) is 0. The minimum absolute atomic E-state index is 0.0727. The minimum atomic E-state index is -3.52. The Labute approximate surface area is 160 Å². The van der Waals surface area contributed by atoms with E-state index in [1.807, 2.05) is 0 Å². The van der Waals surface area contributed by atoms with Gasteiger partial charge in [-0.2, -0.15) is 10.1 Å². The molecule has 0 spiro atoms. The normalized spacial score (nSPS) is 19.4. The van der Waals surface area contributed by atoms with Crippen LogP contribution in [0.5, 0.6) is 5.75 Å². The fraction of sp³-hybridized carbons (Fsp3) is 0.294. The van der Waals surface area contributed by atoms with Crippen LogP contribution in [0.25, 0.3) is 0 Å². The molecular weight excluding hydrogens is 408 g/mol. The summed E-state index contributed by atoms with van der Waals surface area (Å²) in [6, 6.07) is 9.06. The van der Waals surface area contributed by atoms with Gasteiger partial charge in [-0.1, -0.05) is 23.7 Å². The predicted molar refractivity (Wildman–Crippen MR) is 89.7 cm³/mol. The van der Waals surface area contributed by atoms with E-state index in [1.165, 1.54) is 6.07 Å². The van der Waals surface area contributed by atoms with Crippen LogP contribution in [0.15, 0.2) is 45.9 Å². The number of rotatable bonds is 6. The van der Waals surface area contributed by atoms with Crippen LogP contribution >= 0.6 is 11.6 Å². The molecule has 0 aliphatic carbocycles. The molecule has 1 amide bonds. The summed E-state index contributed by atoms with van der Waals surface area (Å²) >= 11 is 5.94. The van der Waals surface area contributed by atoms with Gasteiger partial charge in [-0.05, 0) is 24.3 Å². The largest absolute Gasteiger partial charge is 0.484 e. The van der Waals surface area contributed by atoms with Crippen molar-refractivity contribution < 1.29 is 36.6 Å². The zero-order valence-corrected chi connectivity index (χ0v) is 14.7. The molecule has 1 N–H and O–H groups in total. The Morgan fingerprint density at radius 2 is 2.00 bits per heavy atom. The van der Waals surface area contributed by atoms with E-state index in [0.717, 1.165) is 6.07 Å². The molecule has 1 aliphatic heterocycles. The van der Waals surface area contributed by atoms with Crippen molar-refractivity contribution in [1.82, 2.24) is 5.01 Å². The SMILES string of the molecule is O=C(c1ccc(COc2ccccc2Cl)o1)N1N=C(C(F)F)C[C@]1(O)C(F)F. The highest BCUT2D eigenvalue weighted by Gasteiger charge is 2.53. The van der Waals surface area contributed by atoms with Crippen molar-refractivity contribution in [2.45, 2.75) is 31.6 Å². The first-order chi connectivity index (χ1) is 13.2.